The summed E-state index contributed by atoms with van der Waals surface area (Å²) in [5.41, 5.74) is -2.43. The normalized spacial score (nSPS) is 22.4. The van der Waals surface area contributed by atoms with Crippen molar-refractivity contribution in [3.63, 3.8) is 0 Å². The van der Waals surface area contributed by atoms with Crippen LogP contribution in [0.15, 0.2) is 18.2 Å². The minimum absolute atomic E-state index is 0.0592. The molecular formula is C19H22F3NO4. The van der Waals surface area contributed by atoms with E-state index in [-0.39, 0.29) is 30.2 Å². The molecule has 1 atom stereocenters. The van der Waals surface area contributed by atoms with Crippen LogP contribution in [0.2, 0.25) is 0 Å². The molecule has 0 bridgehead atoms. The molecule has 1 aromatic rings. The molecule has 1 spiro atoms. The highest BCUT2D eigenvalue weighted by molar-refractivity contribution is 6.02. The summed E-state index contributed by atoms with van der Waals surface area (Å²) in [5, 5.41) is 9.18. The molecule has 0 radical (unpaired) electrons. The van der Waals surface area contributed by atoms with Crippen molar-refractivity contribution < 1.29 is 32.6 Å². The summed E-state index contributed by atoms with van der Waals surface area (Å²) in [6.07, 6.45) is -4.95. The van der Waals surface area contributed by atoms with E-state index in [1.807, 2.05) is 20.8 Å². The summed E-state index contributed by atoms with van der Waals surface area (Å²) in [4.78, 5) is 25.7. The van der Waals surface area contributed by atoms with Crippen LogP contribution in [-0.2, 0) is 6.18 Å². The number of piperidine rings is 1. The first-order valence-electron chi connectivity index (χ1n) is 8.77. The molecule has 1 fully saturated rings. The van der Waals surface area contributed by atoms with Gasteiger partial charge in [-0.1, -0.05) is 20.8 Å². The number of benzene rings is 1. The van der Waals surface area contributed by atoms with Crippen LogP contribution >= 0.6 is 0 Å². The minimum Gasteiger partial charge on any atom is -0.486 e. The maximum absolute atomic E-state index is 13.3. The number of Topliss-reactive ketones (excluding diaryl/α,β-unsaturated/α-hetero) is 1. The van der Waals surface area contributed by atoms with Crippen molar-refractivity contribution in [3.05, 3.63) is 29.3 Å². The van der Waals surface area contributed by atoms with Crippen LogP contribution in [0, 0.1) is 11.3 Å². The number of fused-ring (bicyclic) bond motifs is 1. The molecule has 2 aliphatic rings. The molecule has 1 saturated heterocycles. The Morgan fingerprint density at radius 1 is 1.22 bits per heavy atom. The molecule has 1 aromatic carbocycles. The van der Waals surface area contributed by atoms with Crippen LogP contribution in [0.4, 0.5) is 18.0 Å². The Morgan fingerprint density at radius 2 is 1.81 bits per heavy atom. The van der Waals surface area contributed by atoms with Gasteiger partial charge >= 0.3 is 12.3 Å². The van der Waals surface area contributed by atoms with Gasteiger partial charge in [-0.15, -0.1) is 0 Å². The predicted molar refractivity (Wildman–Crippen MR) is 90.9 cm³/mol. The molecule has 2 heterocycles. The largest absolute Gasteiger partial charge is 0.486 e. The summed E-state index contributed by atoms with van der Waals surface area (Å²) >= 11 is 0. The number of hydrogen-bond donors (Lipinski definition) is 1. The number of alkyl halides is 3. The van der Waals surface area contributed by atoms with Gasteiger partial charge in [-0.3, -0.25) is 4.79 Å². The topological polar surface area (TPSA) is 66.8 Å². The fraction of sp³-hybridized carbons (Fsp3) is 0.579. The molecule has 8 heteroatoms. The maximum atomic E-state index is 13.3. The first-order chi connectivity index (χ1) is 12.3. The molecule has 27 heavy (non-hydrogen) atoms. The van der Waals surface area contributed by atoms with Gasteiger partial charge in [-0.25, -0.2) is 4.79 Å². The highest BCUT2D eigenvalue weighted by atomic mass is 19.4. The number of carbonyl (C=O) groups excluding carboxylic acids is 1. The SMILES string of the molecule is CC(C)(C)C1C(=O)c2cc(C(F)(F)F)ccc2OC12CCN(C(=O)O)CC2. The average molecular weight is 385 g/mol. The number of halogens is 3. The highest BCUT2D eigenvalue weighted by Crippen LogP contribution is 2.50. The zero-order valence-corrected chi connectivity index (χ0v) is 15.4. The van der Waals surface area contributed by atoms with Crippen LogP contribution in [0.25, 0.3) is 0 Å². The summed E-state index contributed by atoms with van der Waals surface area (Å²) < 4.78 is 45.4. The van der Waals surface area contributed by atoms with E-state index in [9.17, 15) is 27.9 Å². The first kappa shape index (κ1) is 19.5. The van der Waals surface area contributed by atoms with Crippen molar-refractivity contribution in [3.8, 4) is 5.75 Å². The smallest absolute Gasteiger partial charge is 0.416 e. The third-order valence-electron chi connectivity index (χ3n) is 5.42. The molecule has 1 unspecified atom stereocenters. The zero-order valence-electron chi connectivity index (χ0n) is 15.4. The third kappa shape index (κ3) is 3.37. The van der Waals surface area contributed by atoms with Gasteiger partial charge in [0.1, 0.15) is 11.4 Å². The number of ketones is 1. The third-order valence-corrected chi connectivity index (χ3v) is 5.42. The van der Waals surface area contributed by atoms with E-state index in [2.05, 4.69) is 0 Å². The number of ether oxygens (including phenoxy) is 1. The second-order valence-corrected chi connectivity index (χ2v) is 8.31. The van der Waals surface area contributed by atoms with E-state index in [0.29, 0.717) is 12.8 Å². The van der Waals surface area contributed by atoms with Gasteiger partial charge in [0.15, 0.2) is 5.78 Å². The van der Waals surface area contributed by atoms with Gasteiger partial charge in [0.25, 0.3) is 0 Å². The van der Waals surface area contributed by atoms with E-state index in [1.54, 1.807) is 0 Å². The zero-order chi connectivity index (χ0) is 20.2. The lowest BCUT2D eigenvalue weighted by Crippen LogP contribution is -2.60. The second kappa shape index (κ2) is 6.14. The van der Waals surface area contributed by atoms with Gasteiger partial charge in [-0.2, -0.15) is 13.2 Å². The Labute approximate surface area is 155 Å². The van der Waals surface area contributed by atoms with Crippen LogP contribution in [0.1, 0.15) is 49.5 Å². The van der Waals surface area contributed by atoms with Gasteiger partial charge in [0.05, 0.1) is 17.0 Å². The fourth-order valence-corrected chi connectivity index (χ4v) is 4.31. The molecule has 2 aliphatic heterocycles. The number of likely N-dealkylation sites (tertiary alicyclic amines) is 1. The van der Waals surface area contributed by atoms with Crippen LogP contribution in [0.5, 0.6) is 5.75 Å². The monoisotopic (exact) mass is 385 g/mol. The number of rotatable bonds is 0. The fourth-order valence-electron chi connectivity index (χ4n) is 4.31. The summed E-state index contributed by atoms with van der Waals surface area (Å²) in [7, 11) is 0. The number of carbonyl (C=O) groups is 2. The number of carboxylic acid groups (broad SMARTS) is 1. The lowest BCUT2D eigenvalue weighted by molar-refractivity contribution is -0.137. The van der Waals surface area contributed by atoms with Crippen molar-refractivity contribution in [2.45, 2.75) is 45.4 Å². The van der Waals surface area contributed by atoms with E-state index in [4.69, 9.17) is 4.74 Å². The summed E-state index contributed by atoms with van der Waals surface area (Å²) in [6.45, 7) is 5.98. The number of hydrogen-bond acceptors (Lipinski definition) is 3. The minimum atomic E-state index is -4.55. The van der Waals surface area contributed by atoms with Crippen molar-refractivity contribution in [2.75, 3.05) is 13.1 Å². The lowest BCUT2D eigenvalue weighted by Gasteiger charge is -2.52. The standard InChI is InChI=1S/C19H22F3NO4/c1-17(2,3)15-14(24)12-10-11(19(20,21)22)4-5-13(12)27-18(15)6-8-23(9-7-18)16(25)26/h4-5,10,15H,6-9H2,1-3H3,(H,25,26). The molecule has 1 N–H and O–H groups in total. The van der Waals surface area contributed by atoms with Gasteiger partial charge in [-0.05, 0) is 23.6 Å². The molecule has 148 valence electrons. The average Bonchev–Trinajstić information content (AvgIpc) is 2.52. The van der Waals surface area contributed by atoms with Gasteiger partial charge in [0, 0.05) is 25.9 Å². The second-order valence-electron chi connectivity index (χ2n) is 8.31. The lowest BCUT2D eigenvalue weighted by atomic mass is 9.62. The molecule has 0 saturated carbocycles. The Kier molecular flexibility index (Phi) is 4.44. The Balaban J connectivity index is 2.05. The van der Waals surface area contributed by atoms with Crippen molar-refractivity contribution in [1.82, 2.24) is 4.90 Å². The van der Waals surface area contributed by atoms with Crippen molar-refractivity contribution >= 4 is 11.9 Å². The molecule has 0 aromatic heterocycles. The van der Waals surface area contributed by atoms with Crippen LogP contribution in [0.3, 0.4) is 0 Å². The highest BCUT2D eigenvalue weighted by Gasteiger charge is 2.56. The van der Waals surface area contributed by atoms with Gasteiger partial charge in [0.2, 0.25) is 0 Å². The number of amides is 1. The van der Waals surface area contributed by atoms with Crippen molar-refractivity contribution in [2.24, 2.45) is 11.3 Å². The molecule has 3 rings (SSSR count). The van der Waals surface area contributed by atoms with E-state index >= 15 is 0 Å². The summed E-state index contributed by atoms with van der Waals surface area (Å²) in [6, 6.07) is 2.96. The van der Waals surface area contributed by atoms with Gasteiger partial charge < -0.3 is 14.7 Å². The summed E-state index contributed by atoms with van der Waals surface area (Å²) in [5.74, 6) is -0.909. The van der Waals surface area contributed by atoms with Crippen LogP contribution < -0.4 is 4.74 Å². The Morgan fingerprint density at radius 3 is 2.30 bits per heavy atom. The van der Waals surface area contributed by atoms with E-state index in [1.165, 1.54) is 11.0 Å². The first-order valence-corrected chi connectivity index (χ1v) is 8.77. The predicted octanol–water partition coefficient (Wildman–Crippen LogP) is 4.46. The maximum Gasteiger partial charge on any atom is 0.416 e. The molecule has 1 amide bonds. The van der Waals surface area contributed by atoms with Crippen LogP contribution in [-0.4, -0.2) is 40.6 Å². The Bertz CT molecular complexity index is 774. The Hall–Kier alpha value is -2.25. The number of nitrogens with zero attached hydrogens (tertiary/aromatic N) is 1. The quantitative estimate of drug-likeness (QED) is 0.716. The molecular weight excluding hydrogens is 363 g/mol. The molecule has 0 aliphatic carbocycles. The molecule has 5 nitrogen and oxygen atoms in total. The van der Waals surface area contributed by atoms with Crippen molar-refractivity contribution in [1.29, 1.82) is 0 Å². The van der Waals surface area contributed by atoms with E-state index in [0.717, 1.165) is 12.1 Å². The van der Waals surface area contributed by atoms with E-state index < -0.39 is 34.8 Å².